The van der Waals surface area contributed by atoms with Crippen molar-refractivity contribution in [2.45, 2.75) is 95.3 Å². The molecule has 3 unspecified atom stereocenters. The number of aromatic nitrogens is 3. The monoisotopic (exact) mass is 816 g/mol. The van der Waals surface area contributed by atoms with Crippen molar-refractivity contribution in [3.05, 3.63) is 83.6 Å². The Kier molecular flexibility index (Phi) is 14.1. The van der Waals surface area contributed by atoms with E-state index in [1.165, 1.54) is 6.07 Å². The molecule has 4 aliphatic rings. The van der Waals surface area contributed by atoms with E-state index in [2.05, 4.69) is 31.0 Å². The molecule has 0 amide bonds. The highest BCUT2D eigenvalue weighted by Gasteiger charge is 2.45. The second-order valence-electron chi connectivity index (χ2n) is 14.3. The van der Waals surface area contributed by atoms with Gasteiger partial charge in [-0.2, -0.15) is 9.97 Å². The molecule has 6 heterocycles. The van der Waals surface area contributed by atoms with Crippen molar-refractivity contribution in [3.8, 4) is 29.6 Å². The van der Waals surface area contributed by atoms with Gasteiger partial charge in [0.15, 0.2) is 5.82 Å². The molecule has 0 spiro atoms. The van der Waals surface area contributed by atoms with Crippen LogP contribution in [0.15, 0.2) is 65.7 Å². The summed E-state index contributed by atoms with van der Waals surface area (Å²) in [7, 11) is 3.86. The zero-order valence-corrected chi connectivity index (χ0v) is 34.6. The largest absolute Gasteiger partial charge is 0.461 e. The average molecular weight is 817 g/mol. The molecule has 3 aromatic carbocycles. The van der Waals surface area contributed by atoms with E-state index < -0.39 is 21.6 Å². The highest BCUT2D eigenvalue weighted by molar-refractivity contribution is 8.08. The number of pyridine rings is 1. The predicted molar refractivity (Wildman–Crippen MR) is 226 cm³/mol. The van der Waals surface area contributed by atoms with Crippen molar-refractivity contribution in [1.29, 1.82) is 0 Å². The molecule has 302 valence electrons. The summed E-state index contributed by atoms with van der Waals surface area (Å²) in [5, 5.41) is 14.0. The maximum Gasteiger partial charge on any atom is 0.319 e. The Morgan fingerprint density at radius 3 is 2.32 bits per heavy atom. The highest BCUT2D eigenvalue weighted by Crippen LogP contribution is 2.40. The minimum atomic E-state index is -1.45. The molecule has 9 rings (SSSR count). The Hall–Kier alpha value is -4.25. The van der Waals surface area contributed by atoms with Gasteiger partial charge in [0.2, 0.25) is 0 Å². The fourth-order valence-corrected chi connectivity index (χ4v) is 9.20. The van der Waals surface area contributed by atoms with Crippen LogP contribution in [0.5, 0.6) is 6.01 Å². The lowest BCUT2D eigenvalue weighted by Crippen LogP contribution is -2.51. The van der Waals surface area contributed by atoms with Gasteiger partial charge in [0.1, 0.15) is 39.5 Å². The molecular weight excluding hydrogens is 766 g/mol. The van der Waals surface area contributed by atoms with E-state index in [4.69, 9.17) is 31.9 Å². The number of fused-ring (bicyclic) bond motifs is 5. The van der Waals surface area contributed by atoms with E-state index in [9.17, 15) is 8.60 Å². The van der Waals surface area contributed by atoms with Gasteiger partial charge >= 0.3 is 6.01 Å². The molecule has 9 nitrogen and oxygen atoms in total. The number of aliphatic hydroxyl groups is 1. The van der Waals surface area contributed by atoms with Crippen LogP contribution in [0.4, 0.5) is 14.6 Å². The van der Waals surface area contributed by atoms with Gasteiger partial charge in [0.25, 0.3) is 0 Å². The van der Waals surface area contributed by atoms with Crippen LogP contribution in [-0.4, -0.2) is 79.6 Å². The first-order chi connectivity index (χ1) is 27.8. The highest BCUT2D eigenvalue weighted by atomic mass is 35.7. The first kappa shape index (κ1) is 42.4. The van der Waals surface area contributed by atoms with Crippen LogP contribution >= 0.6 is 10.7 Å². The molecule has 4 fully saturated rings. The van der Waals surface area contributed by atoms with Gasteiger partial charge in [-0.05, 0) is 91.4 Å². The molecule has 2 bridgehead atoms. The van der Waals surface area contributed by atoms with Crippen LogP contribution in [-0.2, 0) is 16.6 Å². The number of aliphatic hydroxyl groups excluding tert-OH is 1. The molecule has 3 atom stereocenters. The fourth-order valence-electron chi connectivity index (χ4n) is 8.54. The van der Waals surface area contributed by atoms with E-state index in [-0.39, 0.29) is 34.9 Å². The molecule has 57 heavy (non-hydrogen) atoms. The third-order valence-corrected chi connectivity index (χ3v) is 12.3. The lowest BCUT2D eigenvalue weighted by Gasteiger charge is -2.34. The maximum absolute atomic E-state index is 16.7. The van der Waals surface area contributed by atoms with E-state index in [1.54, 1.807) is 48.7 Å². The Balaban J connectivity index is 0.000000314. The van der Waals surface area contributed by atoms with Gasteiger partial charge in [-0.3, -0.25) is 9.88 Å². The van der Waals surface area contributed by atoms with Crippen molar-refractivity contribution in [2.24, 2.45) is 0 Å². The maximum atomic E-state index is 16.7. The smallest absolute Gasteiger partial charge is 0.319 e. The van der Waals surface area contributed by atoms with E-state index >= 15 is 4.39 Å². The number of nitrogens with one attached hydrogen (secondary N) is 1. The van der Waals surface area contributed by atoms with Crippen molar-refractivity contribution >= 4 is 48.2 Å². The standard InChI is InChI=1S/C33H32F2N6O.C7H7ClO2S.2C2H6/c1-2-23-26(34)11-8-20-6-3-7-24(27(20)23)29-28(35)30-25(16-36-29)31(40-17-21-9-10-22(18-40)37-21)39-32(38-30)42-19-33-12-4-14-41(33)15-5-13-33;8-11(10)7-3-1-6(5-9)2-4-7;2*1-2/h1,3,6-8,11,16,21-22,37H,4-5,9-10,12-15,17-19H2;1-4,9H,5H2;2*1-2H3. The summed E-state index contributed by atoms with van der Waals surface area (Å²) in [6.45, 7) is 12.2. The number of rotatable bonds is 7. The number of piperazine rings is 1. The molecule has 0 radical (unpaired) electrons. The van der Waals surface area contributed by atoms with E-state index in [0.717, 1.165) is 70.3 Å². The molecule has 0 saturated carbocycles. The first-order valence-electron chi connectivity index (χ1n) is 20.0. The molecule has 4 aliphatic heterocycles. The van der Waals surface area contributed by atoms with Gasteiger partial charge in [-0.15, -0.1) is 6.42 Å². The lowest BCUT2D eigenvalue weighted by molar-refractivity contribution is 0.108. The summed E-state index contributed by atoms with van der Waals surface area (Å²) in [4.78, 5) is 19.4. The zero-order valence-electron chi connectivity index (χ0n) is 33.0. The lowest BCUT2D eigenvalue weighted by atomic mass is 9.95. The zero-order chi connectivity index (χ0) is 40.7. The molecule has 13 heteroatoms. The quantitative estimate of drug-likeness (QED) is 0.124. The number of anilines is 1. The van der Waals surface area contributed by atoms with E-state index in [1.807, 2.05) is 33.8 Å². The van der Waals surface area contributed by atoms with Crippen LogP contribution in [0.1, 0.15) is 77.3 Å². The third kappa shape index (κ3) is 8.78. The number of terminal acetylenes is 1. The predicted octanol–water partition coefficient (Wildman–Crippen LogP) is 8.55. The first-order valence-corrected chi connectivity index (χ1v) is 22.0. The average Bonchev–Trinajstić information content (AvgIpc) is 3.95. The summed E-state index contributed by atoms with van der Waals surface area (Å²) < 4.78 is 48.4. The van der Waals surface area contributed by atoms with Crippen LogP contribution < -0.4 is 15.0 Å². The number of benzene rings is 3. The summed E-state index contributed by atoms with van der Waals surface area (Å²) >= 11 is 0. The van der Waals surface area contributed by atoms with Crippen molar-refractivity contribution in [3.63, 3.8) is 0 Å². The second-order valence-corrected chi connectivity index (χ2v) is 16.0. The Morgan fingerprint density at radius 2 is 1.68 bits per heavy atom. The minimum Gasteiger partial charge on any atom is -0.461 e. The number of halogens is 3. The van der Waals surface area contributed by atoms with Crippen molar-refractivity contribution in [1.82, 2.24) is 25.2 Å². The second kappa shape index (κ2) is 19.0. The van der Waals surface area contributed by atoms with Gasteiger partial charge in [-0.25, -0.2) is 13.0 Å². The molecule has 2 aromatic heterocycles. The van der Waals surface area contributed by atoms with Crippen molar-refractivity contribution in [2.75, 3.05) is 37.7 Å². The number of hydrogen-bond acceptors (Lipinski definition) is 9. The van der Waals surface area contributed by atoms with Crippen LogP contribution in [0.3, 0.4) is 0 Å². The van der Waals surface area contributed by atoms with Gasteiger partial charge < -0.3 is 20.1 Å². The SMILES string of the molecule is C#Cc1c(F)ccc2cccc(-c3ncc4c(N5CC6CCC(C5)N6)nc(OCC56CCCN5CCC6)nc4c3F)c12.CC.CC.O=S(Cl)c1ccc(CO)cc1. The van der Waals surface area contributed by atoms with Crippen molar-refractivity contribution < 1.29 is 22.8 Å². The molecule has 5 aromatic rings. The fraction of sp³-hybridized carbons (Fsp3) is 0.432. The minimum absolute atomic E-state index is 0.00476. The molecule has 4 saturated heterocycles. The number of ether oxygens (including phenoxy) is 1. The summed E-state index contributed by atoms with van der Waals surface area (Å²) in [5.41, 5.74) is 1.53. The molecular formula is C44H51ClF2N6O3S. The summed E-state index contributed by atoms with van der Waals surface area (Å²) in [5.74, 6) is 1.97. The van der Waals surface area contributed by atoms with Crippen LogP contribution in [0, 0.1) is 24.0 Å². The Bertz CT molecular complexity index is 2230. The Morgan fingerprint density at radius 1 is 1.00 bits per heavy atom. The number of hydrogen-bond donors (Lipinski definition) is 2. The third-order valence-electron chi connectivity index (χ3n) is 11.1. The van der Waals surface area contributed by atoms with Gasteiger partial charge in [0, 0.05) is 42.3 Å². The summed E-state index contributed by atoms with van der Waals surface area (Å²) in [6.07, 6.45) is 14.1. The van der Waals surface area contributed by atoms with Gasteiger partial charge in [-0.1, -0.05) is 70.0 Å². The normalized spacial score (nSPS) is 19.7. The topological polar surface area (TPSA) is 104 Å². The van der Waals surface area contributed by atoms with Crippen LogP contribution in [0.2, 0.25) is 0 Å². The molecule has 0 aliphatic carbocycles. The van der Waals surface area contributed by atoms with E-state index in [0.29, 0.717) is 51.1 Å². The molecule has 2 N–H and O–H groups in total. The summed E-state index contributed by atoms with van der Waals surface area (Å²) in [6, 6.07) is 15.9. The Labute approximate surface area is 341 Å². The number of nitrogens with zero attached hydrogens (tertiary/aromatic N) is 5. The van der Waals surface area contributed by atoms with Crippen LogP contribution in [0.25, 0.3) is 32.9 Å². The van der Waals surface area contributed by atoms with Gasteiger partial charge in [0.05, 0.1) is 28.0 Å².